The molecule has 4 heteroatoms. The maximum atomic E-state index is 5.12. The lowest BCUT2D eigenvalue weighted by atomic mass is 10.2. The van der Waals surface area contributed by atoms with E-state index in [4.69, 9.17) is 9.47 Å². The number of rotatable bonds is 5. The van der Waals surface area contributed by atoms with E-state index in [-0.39, 0.29) is 6.04 Å². The van der Waals surface area contributed by atoms with Crippen molar-refractivity contribution in [2.75, 3.05) is 26.1 Å². The van der Waals surface area contributed by atoms with Gasteiger partial charge in [-0.15, -0.1) is 0 Å². The number of anilines is 1. The van der Waals surface area contributed by atoms with E-state index in [2.05, 4.69) is 28.2 Å². The van der Waals surface area contributed by atoms with E-state index in [1.54, 1.807) is 14.2 Å². The lowest BCUT2D eigenvalue weighted by Crippen LogP contribution is -2.20. The van der Waals surface area contributed by atoms with Crippen LogP contribution in [-0.2, 0) is 4.74 Å². The van der Waals surface area contributed by atoms with E-state index in [1.165, 1.54) is 0 Å². The Kier molecular flexibility index (Phi) is 4.91. The number of hydrogen-bond acceptors (Lipinski definition) is 3. The average Bonchev–Trinajstić information content (AvgIpc) is 2.21. The van der Waals surface area contributed by atoms with Gasteiger partial charge in [-0.25, -0.2) is 0 Å². The van der Waals surface area contributed by atoms with Crippen molar-refractivity contribution in [2.24, 2.45) is 0 Å². The summed E-state index contributed by atoms with van der Waals surface area (Å²) < 4.78 is 11.2. The van der Waals surface area contributed by atoms with Gasteiger partial charge in [0.1, 0.15) is 5.75 Å². The molecule has 0 heterocycles. The van der Waals surface area contributed by atoms with Crippen molar-refractivity contribution in [3.05, 3.63) is 22.7 Å². The van der Waals surface area contributed by atoms with Gasteiger partial charge < -0.3 is 14.8 Å². The summed E-state index contributed by atoms with van der Waals surface area (Å²) in [6.45, 7) is 2.75. The smallest absolute Gasteiger partial charge is 0.120 e. The predicted molar refractivity (Wildman–Crippen MR) is 65.7 cm³/mol. The molecule has 0 fully saturated rings. The molecule has 0 bridgehead atoms. The van der Waals surface area contributed by atoms with Crippen molar-refractivity contribution in [2.45, 2.75) is 13.0 Å². The molecule has 1 N–H and O–H groups in total. The summed E-state index contributed by atoms with van der Waals surface area (Å²) in [5, 5.41) is 3.33. The SMILES string of the molecule is COCC(C)Nc1ccc(OC)cc1Br. The Morgan fingerprint density at radius 2 is 2.13 bits per heavy atom. The summed E-state index contributed by atoms with van der Waals surface area (Å²) in [6.07, 6.45) is 0. The highest BCUT2D eigenvalue weighted by molar-refractivity contribution is 9.10. The molecule has 84 valence electrons. The van der Waals surface area contributed by atoms with Crippen molar-refractivity contribution in [3.63, 3.8) is 0 Å². The second-order valence-corrected chi connectivity index (χ2v) is 4.20. The summed E-state index contributed by atoms with van der Waals surface area (Å²) >= 11 is 3.48. The van der Waals surface area contributed by atoms with Gasteiger partial charge in [0.2, 0.25) is 0 Å². The maximum absolute atomic E-state index is 5.12. The topological polar surface area (TPSA) is 30.5 Å². The number of halogens is 1. The molecule has 1 aromatic carbocycles. The summed E-state index contributed by atoms with van der Waals surface area (Å²) in [4.78, 5) is 0. The number of methoxy groups -OCH3 is 2. The molecular formula is C11H16BrNO2. The fourth-order valence-corrected chi connectivity index (χ4v) is 1.77. The molecule has 1 unspecified atom stereocenters. The highest BCUT2D eigenvalue weighted by Gasteiger charge is 2.05. The van der Waals surface area contributed by atoms with Crippen LogP contribution < -0.4 is 10.1 Å². The number of ether oxygens (including phenoxy) is 2. The highest BCUT2D eigenvalue weighted by Crippen LogP contribution is 2.27. The van der Waals surface area contributed by atoms with Crippen LogP contribution in [0.25, 0.3) is 0 Å². The van der Waals surface area contributed by atoms with Crippen molar-refractivity contribution in [3.8, 4) is 5.75 Å². The Labute approximate surface area is 98.9 Å². The van der Waals surface area contributed by atoms with Gasteiger partial charge in [0.25, 0.3) is 0 Å². The first-order valence-corrected chi connectivity index (χ1v) is 5.55. The molecule has 0 aliphatic carbocycles. The van der Waals surface area contributed by atoms with Gasteiger partial charge in [0, 0.05) is 23.3 Å². The van der Waals surface area contributed by atoms with Crippen LogP contribution in [0.3, 0.4) is 0 Å². The molecular weight excluding hydrogens is 258 g/mol. The summed E-state index contributed by atoms with van der Waals surface area (Å²) in [5.74, 6) is 0.840. The zero-order valence-electron chi connectivity index (χ0n) is 9.21. The number of hydrogen-bond donors (Lipinski definition) is 1. The second kappa shape index (κ2) is 5.98. The van der Waals surface area contributed by atoms with E-state index in [1.807, 2.05) is 18.2 Å². The molecule has 1 aromatic rings. The van der Waals surface area contributed by atoms with E-state index < -0.39 is 0 Å². The van der Waals surface area contributed by atoms with Crippen LogP contribution in [0, 0.1) is 0 Å². The Morgan fingerprint density at radius 3 is 2.67 bits per heavy atom. The molecule has 0 saturated carbocycles. The average molecular weight is 274 g/mol. The molecule has 0 spiro atoms. The molecule has 0 aliphatic rings. The lowest BCUT2D eigenvalue weighted by Gasteiger charge is -2.15. The molecule has 0 amide bonds. The van der Waals surface area contributed by atoms with Gasteiger partial charge in [0.05, 0.1) is 13.7 Å². The highest BCUT2D eigenvalue weighted by atomic mass is 79.9. The summed E-state index contributed by atoms with van der Waals surface area (Å²) in [7, 11) is 3.35. The minimum atomic E-state index is 0.277. The first-order valence-electron chi connectivity index (χ1n) is 4.76. The summed E-state index contributed by atoms with van der Waals surface area (Å²) in [6, 6.07) is 6.11. The van der Waals surface area contributed by atoms with Crippen LogP contribution in [0.5, 0.6) is 5.75 Å². The monoisotopic (exact) mass is 273 g/mol. The molecule has 1 atom stereocenters. The van der Waals surface area contributed by atoms with Crippen LogP contribution in [0.4, 0.5) is 5.69 Å². The van der Waals surface area contributed by atoms with Gasteiger partial charge in [-0.3, -0.25) is 0 Å². The van der Waals surface area contributed by atoms with E-state index >= 15 is 0 Å². The van der Waals surface area contributed by atoms with Crippen molar-refractivity contribution in [1.82, 2.24) is 0 Å². The second-order valence-electron chi connectivity index (χ2n) is 3.35. The minimum absolute atomic E-state index is 0.277. The first kappa shape index (κ1) is 12.3. The zero-order valence-corrected chi connectivity index (χ0v) is 10.8. The van der Waals surface area contributed by atoms with Gasteiger partial charge in [-0.1, -0.05) is 0 Å². The quantitative estimate of drug-likeness (QED) is 0.895. The molecule has 0 radical (unpaired) electrons. The molecule has 0 aliphatic heterocycles. The third-order valence-corrected chi connectivity index (χ3v) is 2.65. The Bertz CT molecular complexity index is 317. The molecule has 0 saturated heterocycles. The molecule has 1 rings (SSSR count). The fraction of sp³-hybridized carbons (Fsp3) is 0.455. The first-order chi connectivity index (χ1) is 7.17. The molecule has 3 nitrogen and oxygen atoms in total. The third kappa shape index (κ3) is 3.72. The summed E-state index contributed by atoms with van der Waals surface area (Å²) in [5.41, 5.74) is 1.04. The standard InChI is InChI=1S/C11H16BrNO2/c1-8(7-14-2)13-11-5-4-9(15-3)6-10(11)12/h4-6,8,13H,7H2,1-3H3. The van der Waals surface area contributed by atoms with Crippen LogP contribution in [-0.4, -0.2) is 26.9 Å². The van der Waals surface area contributed by atoms with Crippen LogP contribution in [0.15, 0.2) is 22.7 Å². The van der Waals surface area contributed by atoms with Gasteiger partial charge >= 0.3 is 0 Å². The largest absolute Gasteiger partial charge is 0.497 e. The van der Waals surface area contributed by atoms with Crippen LogP contribution in [0.1, 0.15) is 6.92 Å². The van der Waals surface area contributed by atoms with Crippen molar-refractivity contribution < 1.29 is 9.47 Å². The number of benzene rings is 1. The van der Waals surface area contributed by atoms with Gasteiger partial charge in [-0.05, 0) is 41.1 Å². The molecule has 15 heavy (non-hydrogen) atoms. The van der Waals surface area contributed by atoms with Gasteiger partial charge in [0.15, 0.2) is 0 Å². The van der Waals surface area contributed by atoms with Crippen molar-refractivity contribution in [1.29, 1.82) is 0 Å². The lowest BCUT2D eigenvalue weighted by molar-refractivity contribution is 0.190. The van der Waals surface area contributed by atoms with Crippen LogP contribution >= 0.6 is 15.9 Å². The zero-order chi connectivity index (χ0) is 11.3. The van der Waals surface area contributed by atoms with Crippen molar-refractivity contribution >= 4 is 21.6 Å². The van der Waals surface area contributed by atoms with Gasteiger partial charge in [-0.2, -0.15) is 0 Å². The Morgan fingerprint density at radius 1 is 1.40 bits per heavy atom. The maximum Gasteiger partial charge on any atom is 0.120 e. The normalized spacial score (nSPS) is 12.3. The fourth-order valence-electron chi connectivity index (χ4n) is 1.30. The third-order valence-electron chi connectivity index (χ3n) is 1.99. The van der Waals surface area contributed by atoms with Crippen LogP contribution in [0.2, 0.25) is 0 Å². The van der Waals surface area contributed by atoms with E-state index in [0.29, 0.717) is 6.61 Å². The minimum Gasteiger partial charge on any atom is -0.497 e. The Hall–Kier alpha value is -0.740. The Balaban J connectivity index is 2.69. The number of nitrogens with one attached hydrogen (secondary N) is 1. The van der Waals surface area contributed by atoms with E-state index in [0.717, 1.165) is 15.9 Å². The molecule has 0 aromatic heterocycles. The predicted octanol–water partition coefficient (Wildman–Crippen LogP) is 2.90. The van der Waals surface area contributed by atoms with E-state index in [9.17, 15) is 0 Å².